The fourth-order valence-corrected chi connectivity index (χ4v) is 2.38. The zero-order valence-corrected chi connectivity index (χ0v) is 17.2. The highest BCUT2D eigenvalue weighted by Gasteiger charge is 2.17. The molecule has 2 N–H and O–H groups in total. The molecule has 1 aromatic carbocycles. The van der Waals surface area contributed by atoms with Crippen LogP contribution < -0.4 is 24.8 Å². The minimum absolute atomic E-state index is 0.136. The summed E-state index contributed by atoms with van der Waals surface area (Å²) >= 11 is 1.82. The normalized spacial score (nSPS) is 11.9. The number of benzene rings is 1. The molecule has 0 saturated heterocycles. The molecule has 25 heavy (non-hydrogen) atoms. The van der Waals surface area contributed by atoms with E-state index in [0.717, 1.165) is 24.6 Å². The van der Waals surface area contributed by atoms with Gasteiger partial charge in [-0.2, -0.15) is 11.8 Å². The molecule has 0 aliphatic carbocycles. The minimum atomic E-state index is 0.136. The summed E-state index contributed by atoms with van der Waals surface area (Å²) in [5.41, 5.74) is 0.932. The van der Waals surface area contributed by atoms with E-state index < -0.39 is 0 Å². The zero-order chi connectivity index (χ0) is 18.9. The van der Waals surface area contributed by atoms with Crippen LogP contribution in [0.3, 0.4) is 0 Å². The molecule has 0 radical (unpaired) electrons. The summed E-state index contributed by atoms with van der Waals surface area (Å²) in [6.45, 7) is 8.54. The Bertz CT molecular complexity index is 577. The molecule has 142 valence electrons. The molecule has 0 amide bonds. The topological polar surface area (TPSA) is 64.1 Å². The predicted octanol–water partition coefficient (Wildman–Crippen LogP) is 2.91. The molecular weight excluding hydrogens is 338 g/mol. The van der Waals surface area contributed by atoms with Crippen LogP contribution >= 0.6 is 11.8 Å². The molecule has 0 aliphatic heterocycles. The monoisotopic (exact) mass is 369 g/mol. The molecule has 0 aromatic heterocycles. The van der Waals surface area contributed by atoms with Gasteiger partial charge in [-0.3, -0.25) is 0 Å². The highest BCUT2D eigenvalue weighted by Crippen LogP contribution is 2.39. The first-order chi connectivity index (χ1) is 11.9. The van der Waals surface area contributed by atoms with Gasteiger partial charge in [-0.15, -0.1) is 0 Å². The van der Waals surface area contributed by atoms with E-state index in [4.69, 9.17) is 14.2 Å². The maximum Gasteiger partial charge on any atom is 0.203 e. The summed E-state index contributed by atoms with van der Waals surface area (Å²) in [5, 5.41) is 6.66. The van der Waals surface area contributed by atoms with Gasteiger partial charge in [-0.1, -0.05) is 0 Å². The van der Waals surface area contributed by atoms with Crippen LogP contribution in [0.1, 0.15) is 26.3 Å². The third-order valence-corrected chi connectivity index (χ3v) is 5.02. The molecule has 0 heterocycles. The summed E-state index contributed by atoms with van der Waals surface area (Å²) in [7, 11) is 4.83. The van der Waals surface area contributed by atoms with Gasteiger partial charge < -0.3 is 24.8 Å². The Morgan fingerprint density at radius 2 is 1.76 bits per heavy atom. The van der Waals surface area contributed by atoms with E-state index in [1.807, 2.05) is 30.8 Å². The predicted molar refractivity (Wildman–Crippen MR) is 107 cm³/mol. The molecule has 0 saturated carbocycles. The van der Waals surface area contributed by atoms with Crippen LogP contribution in [0.4, 0.5) is 0 Å². The van der Waals surface area contributed by atoms with Crippen molar-refractivity contribution in [3.63, 3.8) is 0 Å². The highest BCUT2D eigenvalue weighted by atomic mass is 32.2. The smallest absolute Gasteiger partial charge is 0.203 e. The first-order valence-corrected chi connectivity index (χ1v) is 9.50. The van der Waals surface area contributed by atoms with Crippen molar-refractivity contribution < 1.29 is 14.2 Å². The van der Waals surface area contributed by atoms with Crippen molar-refractivity contribution in [3.05, 3.63) is 17.7 Å². The molecule has 7 heteroatoms. The van der Waals surface area contributed by atoms with E-state index in [1.54, 1.807) is 21.3 Å². The van der Waals surface area contributed by atoms with Gasteiger partial charge in [-0.05, 0) is 39.2 Å². The molecule has 0 bridgehead atoms. The Hall–Kier alpha value is -1.76. The quantitative estimate of drug-likeness (QED) is 0.515. The van der Waals surface area contributed by atoms with Crippen molar-refractivity contribution >= 4 is 17.7 Å². The fraction of sp³-hybridized carbons (Fsp3) is 0.611. The number of hydrogen-bond acceptors (Lipinski definition) is 5. The lowest BCUT2D eigenvalue weighted by molar-refractivity contribution is 0.322. The molecule has 0 aliphatic rings. The van der Waals surface area contributed by atoms with E-state index in [-0.39, 0.29) is 4.75 Å². The Morgan fingerprint density at radius 3 is 2.28 bits per heavy atom. The summed E-state index contributed by atoms with van der Waals surface area (Å²) in [6, 6.07) is 3.81. The Labute approximate surface area is 155 Å². The minimum Gasteiger partial charge on any atom is -0.493 e. The second-order valence-electron chi connectivity index (χ2n) is 6.01. The van der Waals surface area contributed by atoms with Gasteiger partial charge in [0.1, 0.15) is 0 Å². The van der Waals surface area contributed by atoms with Crippen LogP contribution in [-0.2, 0) is 6.54 Å². The van der Waals surface area contributed by atoms with Crippen LogP contribution in [0, 0.1) is 0 Å². The second kappa shape index (κ2) is 10.3. The van der Waals surface area contributed by atoms with Gasteiger partial charge in [0.25, 0.3) is 0 Å². The van der Waals surface area contributed by atoms with Crippen molar-refractivity contribution in [2.45, 2.75) is 32.1 Å². The third kappa shape index (κ3) is 6.23. The van der Waals surface area contributed by atoms with E-state index >= 15 is 0 Å². The van der Waals surface area contributed by atoms with Crippen molar-refractivity contribution in [1.29, 1.82) is 0 Å². The molecule has 0 fully saturated rings. The largest absolute Gasteiger partial charge is 0.493 e. The molecular formula is C18H31N3O3S. The fourth-order valence-electron chi connectivity index (χ4n) is 2.16. The standard InChI is InChI=1S/C18H31N3O3S/c1-8-19-17(21-12-18(2,3)25-7)20-11-13-9-10-14(22-4)16(24-6)15(13)23-5/h9-10H,8,11-12H2,1-7H3,(H2,19,20,21). The van der Waals surface area contributed by atoms with E-state index in [2.05, 4.69) is 35.7 Å². The summed E-state index contributed by atoms with van der Waals surface area (Å²) in [4.78, 5) is 4.67. The van der Waals surface area contributed by atoms with Gasteiger partial charge in [0.2, 0.25) is 5.75 Å². The van der Waals surface area contributed by atoms with Gasteiger partial charge >= 0.3 is 0 Å². The maximum atomic E-state index is 5.52. The molecule has 1 aromatic rings. The van der Waals surface area contributed by atoms with Crippen LogP contribution in [0.2, 0.25) is 0 Å². The molecule has 1 rings (SSSR count). The lowest BCUT2D eigenvalue weighted by Crippen LogP contribution is -2.43. The van der Waals surface area contributed by atoms with E-state index in [0.29, 0.717) is 23.8 Å². The molecule has 0 spiro atoms. The number of ether oxygens (including phenoxy) is 3. The SMILES string of the molecule is CCNC(=NCc1ccc(OC)c(OC)c1OC)NCC(C)(C)SC. The number of nitrogens with zero attached hydrogens (tertiary/aromatic N) is 1. The van der Waals surface area contributed by atoms with Crippen LogP contribution in [0.25, 0.3) is 0 Å². The summed E-state index contributed by atoms with van der Waals surface area (Å²) < 4.78 is 16.4. The average Bonchev–Trinajstić information content (AvgIpc) is 2.62. The van der Waals surface area contributed by atoms with Crippen LogP contribution in [-0.4, -0.2) is 51.4 Å². The third-order valence-electron chi connectivity index (χ3n) is 3.77. The first-order valence-electron chi connectivity index (χ1n) is 8.27. The number of thioether (sulfide) groups is 1. The molecule has 0 atom stereocenters. The maximum absolute atomic E-state index is 5.52. The number of methoxy groups -OCH3 is 3. The number of rotatable bonds is 9. The lowest BCUT2D eigenvalue weighted by atomic mass is 10.1. The van der Waals surface area contributed by atoms with E-state index in [9.17, 15) is 0 Å². The van der Waals surface area contributed by atoms with Gasteiger partial charge in [-0.25, -0.2) is 4.99 Å². The summed E-state index contributed by atoms with van der Waals surface area (Å²) in [5.74, 6) is 2.64. The van der Waals surface area contributed by atoms with Crippen molar-refractivity contribution in [2.24, 2.45) is 4.99 Å². The van der Waals surface area contributed by atoms with Crippen LogP contribution in [0.15, 0.2) is 17.1 Å². The average molecular weight is 370 g/mol. The number of nitrogens with one attached hydrogen (secondary N) is 2. The number of guanidine groups is 1. The Kier molecular flexibility index (Phi) is 8.75. The van der Waals surface area contributed by atoms with Gasteiger partial charge in [0.05, 0.1) is 27.9 Å². The lowest BCUT2D eigenvalue weighted by Gasteiger charge is -2.23. The van der Waals surface area contributed by atoms with Crippen molar-refractivity contribution in [1.82, 2.24) is 10.6 Å². The number of aliphatic imine (C=N–C) groups is 1. The Balaban J connectivity index is 2.98. The molecule has 6 nitrogen and oxygen atoms in total. The van der Waals surface area contributed by atoms with Crippen molar-refractivity contribution in [3.8, 4) is 17.2 Å². The van der Waals surface area contributed by atoms with Crippen molar-refractivity contribution in [2.75, 3.05) is 40.7 Å². The zero-order valence-electron chi connectivity index (χ0n) is 16.4. The van der Waals surface area contributed by atoms with E-state index in [1.165, 1.54) is 0 Å². The first kappa shape index (κ1) is 21.3. The molecule has 0 unspecified atom stereocenters. The second-order valence-corrected chi connectivity index (χ2v) is 7.52. The highest BCUT2D eigenvalue weighted by molar-refractivity contribution is 7.99. The van der Waals surface area contributed by atoms with Crippen LogP contribution in [0.5, 0.6) is 17.2 Å². The van der Waals surface area contributed by atoms with Gasteiger partial charge in [0, 0.05) is 23.4 Å². The Morgan fingerprint density at radius 1 is 1.08 bits per heavy atom. The summed E-state index contributed by atoms with van der Waals surface area (Å²) in [6.07, 6.45) is 2.11. The number of hydrogen-bond donors (Lipinski definition) is 2. The van der Waals surface area contributed by atoms with Gasteiger partial charge in [0.15, 0.2) is 17.5 Å².